The molecule has 0 aliphatic heterocycles. The second-order valence-electron chi connectivity index (χ2n) is 5.53. The molecule has 1 aliphatic rings. The van der Waals surface area contributed by atoms with Gasteiger partial charge in [0.25, 0.3) is 0 Å². The van der Waals surface area contributed by atoms with E-state index in [-0.39, 0.29) is 5.78 Å². The van der Waals surface area contributed by atoms with Crippen LogP contribution in [0.1, 0.15) is 36.5 Å². The SMILES string of the molecule is Cc1cccc(C)c1CC(=O)C(C)(N)C1CC1. The summed E-state index contributed by atoms with van der Waals surface area (Å²) in [7, 11) is 0. The van der Waals surface area contributed by atoms with Gasteiger partial charge in [0.15, 0.2) is 5.78 Å². The number of benzene rings is 1. The second kappa shape index (κ2) is 4.26. The number of Topliss-reactive ketones (excluding diaryl/α,β-unsaturated/α-hetero) is 1. The highest BCUT2D eigenvalue weighted by Gasteiger charge is 2.43. The average molecular weight is 231 g/mol. The fourth-order valence-corrected chi connectivity index (χ4v) is 2.39. The fourth-order valence-electron chi connectivity index (χ4n) is 2.39. The van der Waals surface area contributed by atoms with Crippen molar-refractivity contribution in [3.05, 3.63) is 34.9 Å². The van der Waals surface area contributed by atoms with Crippen LogP contribution in [0.3, 0.4) is 0 Å². The van der Waals surface area contributed by atoms with E-state index in [1.54, 1.807) is 0 Å². The Balaban J connectivity index is 2.18. The number of carbonyl (C=O) groups is 1. The third-order valence-corrected chi connectivity index (χ3v) is 4.01. The zero-order valence-electron chi connectivity index (χ0n) is 10.9. The topological polar surface area (TPSA) is 43.1 Å². The van der Waals surface area contributed by atoms with Crippen molar-refractivity contribution in [3.8, 4) is 0 Å². The maximum absolute atomic E-state index is 12.3. The van der Waals surface area contributed by atoms with Gasteiger partial charge < -0.3 is 5.73 Å². The van der Waals surface area contributed by atoms with E-state index in [1.165, 1.54) is 11.1 Å². The van der Waals surface area contributed by atoms with Crippen molar-refractivity contribution >= 4 is 5.78 Å². The summed E-state index contributed by atoms with van der Waals surface area (Å²) < 4.78 is 0. The third-order valence-electron chi connectivity index (χ3n) is 4.01. The molecule has 2 N–H and O–H groups in total. The molecule has 0 spiro atoms. The number of carbonyl (C=O) groups excluding carboxylic acids is 1. The van der Waals surface area contributed by atoms with Gasteiger partial charge >= 0.3 is 0 Å². The first-order valence-electron chi connectivity index (χ1n) is 6.30. The Morgan fingerprint density at radius 3 is 2.35 bits per heavy atom. The lowest BCUT2D eigenvalue weighted by Gasteiger charge is -2.23. The Morgan fingerprint density at radius 2 is 1.88 bits per heavy atom. The van der Waals surface area contributed by atoms with Gasteiger partial charge in [-0.05, 0) is 56.2 Å². The molecule has 17 heavy (non-hydrogen) atoms. The first kappa shape index (κ1) is 12.3. The van der Waals surface area contributed by atoms with Crippen LogP contribution in [-0.4, -0.2) is 11.3 Å². The highest BCUT2D eigenvalue weighted by atomic mass is 16.1. The standard InChI is InChI=1S/C15H21NO/c1-10-5-4-6-11(2)13(10)9-14(17)15(3,16)12-7-8-12/h4-6,12H,7-9,16H2,1-3H3. The van der Waals surface area contributed by atoms with Gasteiger partial charge in [0.1, 0.15) is 0 Å². The Bertz CT molecular complexity index is 424. The molecule has 1 unspecified atom stereocenters. The smallest absolute Gasteiger partial charge is 0.157 e. The summed E-state index contributed by atoms with van der Waals surface area (Å²) in [6, 6.07) is 6.14. The normalized spacial score (nSPS) is 18.8. The largest absolute Gasteiger partial charge is 0.319 e. The second-order valence-corrected chi connectivity index (χ2v) is 5.53. The van der Waals surface area contributed by atoms with E-state index in [0.29, 0.717) is 12.3 Å². The van der Waals surface area contributed by atoms with Gasteiger partial charge in [0.05, 0.1) is 5.54 Å². The molecule has 92 valence electrons. The molecule has 0 saturated heterocycles. The molecule has 2 rings (SSSR count). The van der Waals surface area contributed by atoms with Crippen LogP contribution in [0.15, 0.2) is 18.2 Å². The molecule has 0 bridgehead atoms. The van der Waals surface area contributed by atoms with Crippen LogP contribution in [0.5, 0.6) is 0 Å². The molecular weight excluding hydrogens is 210 g/mol. The maximum atomic E-state index is 12.3. The summed E-state index contributed by atoms with van der Waals surface area (Å²) in [5.74, 6) is 0.580. The highest BCUT2D eigenvalue weighted by Crippen LogP contribution is 2.39. The quantitative estimate of drug-likeness (QED) is 0.865. The average Bonchev–Trinajstić information content (AvgIpc) is 3.07. The molecule has 2 nitrogen and oxygen atoms in total. The van der Waals surface area contributed by atoms with Crippen LogP contribution >= 0.6 is 0 Å². The summed E-state index contributed by atoms with van der Waals surface area (Å²) in [5.41, 5.74) is 9.05. The fraction of sp³-hybridized carbons (Fsp3) is 0.533. The van der Waals surface area contributed by atoms with Crippen molar-refractivity contribution in [2.24, 2.45) is 11.7 Å². The number of nitrogens with two attached hydrogens (primary N) is 1. The van der Waals surface area contributed by atoms with E-state index >= 15 is 0 Å². The van der Waals surface area contributed by atoms with Gasteiger partial charge in [0, 0.05) is 6.42 Å². The van der Waals surface area contributed by atoms with Crippen LogP contribution in [-0.2, 0) is 11.2 Å². The summed E-state index contributed by atoms with van der Waals surface area (Å²) in [6.07, 6.45) is 2.68. The van der Waals surface area contributed by atoms with E-state index in [0.717, 1.165) is 18.4 Å². The van der Waals surface area contributed by atoms with Crippen molar-refractivity contribution < 1.29 is 4.79 Å². The van der Waals surface area contributed by atoms with Crippen LogP contribution < -0.4 is 5.73 Å². The molecule has 2 heteroatoms. The number of hydrogen-bond acceptors (Lipinski definition) is 2. The molecule has 1 saturated carbocycles. The van der Waals surface area contributed by atoms with Gasteiger partial charge in [0.2, 0.25) is 0 Å². The van der Waals surface area contributed by atoms with Crippen LogP contribution in [0, 0.1) is 19.8 Å². The van der Waals surface area contributed by atoms with Crippen LogP contribution in [0.25, 0.3) is 0 Å². The van der Waals surface area contributed by atoms with Crippen molar-refractivity contribution in [1.82, 2.24) is 0 Å². The van der Waals surface area contributed by atoms with Crippen molar-refractivity contribution in [2.75, 3.05) is 0 Å². The van der Waals surface area contributed by atoms with E-state index in [2.05, 4.69) is 26.0 Å². The predicted molar refractivity (Wildman–Crippen MR) is 69.9 cm³/mol. The minimum absolute atomic E-state index is 0.178. The van der Waals surface area contributed by atoms with Gasteiger partial charge in [-0.1, -0.05) is 18.2 Å². The van der Waals surface area contributed by atoms with Gasteiger partial charge in [-0.25, -0.2) is 0 Å². The van der Waals surface area contributed by atoms with Crippen molar-refractivity contribution in [3.63, 3.8) is 0 Å². The van der Waals surface area contributed by atoms with E-state index in [1.807, 2.05) is 13.0 Å². The zero-order valence-corrected chi connectivity index (χ0v) is 10.9. The van der Waals surface area contributed by atoms with Crippen molar-refractivity contribution in [1.29, 1.82) is 0 Å². The summed E-state index contributed by atoms with van der Waals surface area (Å²) in [4.78, 5) is 12.3. The van der Waals surface area contributed by atoms with Gasteiger partial charge in [-0.3, -0.25) is 4.79 Å². The van der Waals surface area contributed by atoms with E-state index in [9.17, 15) is 4.79 Å². The van der Waals surface area contributed by atoms with Crippen LogP contribution in [0.2, 0.25) is 0 Å². The number of aryl methyl sites for hydroxylation is 2. The molecular formula is C15H21NO. The Hall–Kier alpha value is -1.15. The number of ketones is 1. The lowest BCUT2D eigenvalue weighted by atomic mass is 9.86. The van der Waals surface area contributed by atoms with Gasteiger partial charge in [-0.15, -0.1) is 0 Å². The van der Waals surface area contributed by atoms with E-state index in [4.69, 9.17) is 5.73 Å². The minimum atomic E-state index is -0.630. The number of hydrogen-bond donors (Lipinski definition) is 1. The molecule has 1 fully saturated rings. The molecule has 1 aromatic rings. The van der Waals surface area contributed by atoms with Crippen LogP contribution in [0.4, 0.5) is 0 Å². The highest BCUT2D eigenvalue weighted by molar-refractivity contribution is 5.90. The Labute approximate surface area is 103 Å². The molecule has 0 amide bonds. The molecule has 0 radical (unpaired) electrons. The Kier molecular flexibility index (Phi) is 3.09. The summed E-state index contributed by atoms with van der Waals surface area (Å²) >= 11 is 0. The number of rotatable bonds is 4. The molecule has 0 heterocycles. The summed E-state index contributed by atoms with van der Waals surface area (Å²) in [6.45, 7) is 6.00. The molecule has 1 aliphatic carbocycles. The Morgan fingerprint density at radius 1 is 1.35 bits per heavy atom. The van der Waals surface area contributed by atoms with E-state index < -0.39 is 5.54 Å². The predicted octanol–water partition coefficient (Wildman–Crippen LogP) is 2.54. The molecule has 0 aromatic heterocycles. The lowest BCUT2D eigenvalue weighted by Crippen LogP contribution is -2.48. The molecule has 1 aromatic carbocycles. The molecule has 1 atom stereocenters. The van der Waals surface area contributed by atoms with Gasteiger partial charge in [-0.2, -0.15) is 0 Å². The summed E-state index contributed by atoms with van der Waals surface area (Å²) in [5, 5.41) is 0. The maximum Gasteiger partial charge on any atom is 0.157 e. The van der Waals surface area contributed by atoms with Crippen molar-refractivity contribution in [2.45, 2.75) is 45.6 Å². The third kappa shape index (κ3) is 2.42. The first-order chi connectivity index (χ1) is 7.93. The zero-order chi connectivity index (χ0) is 12.6. The lowest BCUT2D eigenvalue weighted by molar-refractivity contribution is -0.123. The minimum Gasteiger partial charge on any atom is -0.319 e. The first-order valence-corrected chi connectivity index (χ1v) is 6.30. The monoisotopic (exact) mass is 231 g/mol.